The number of hydrogen-bond donors (Lipinski definition) is 0. The van der Waals surface area contributed by atoms with Gasteiger partial charge in [-0.1, -0.05) is 64.9 Å². The van der Waals surface area contributed by atoms with E-state index in [9.17, 15) is 4.79 Å². The quantitative estimate of drug-likeness (QED) is 0.126. The van der Waals surface area contributed by atoms with Gasteiger partial charge in [0.05, 0.1) is 27.8 Å². The van der Waals surface area contributed by atoms with E-state index in [1.54, 1.807) is 49.4 Å². The van der Waals surface area contributed by atoms with Crippen LogP contribution >= 0.6 is 15.9 Å². The van der Waals surface area contributed by atoms with E-state index in [1.165, 1.54) is 6.33 Å². The Bertz CT molecular complexity index is 2260. The molecular weight excluding hydrogens is 897 g/mol. The van der Waals surface area contributed by atoms with Crippen LogP contribution in [0.3, 0.4) is 0 Å². The Balaban J connectivity index is 0.000000176. The van der Waals surface area contributed by atoms with E-state index in [4.69, 9.17) is 23.5 Å². The molecule has 3 aromatic heterocycles. The first-order chi connectivity index (χ1) is 24.0. The SMILES string of the molecule is Brc1ccc2cncnc2c1.C=CB1OC(C)(C)C(C)(C)O1.C=Cc1ccc2cncnc2c1.O=Cc1ccc2cncnc2c1.[O]=[Os](=[O])(=[O])=[O]. The Kier molecular flexibility index (Phi) is 14.6. The molecule has 16 heteroatoms. The monoisotopic (exact) mass is 932 g/mol. The molecule has 1 saturated heterocycles. The van der Waals surface area contributed by atoms with E-state index in [-0.39, 0.29) is 18.3 Å². The molecule has 264 valence electrons. The number of hydrogen-bond acceptors (Lipinski definition) is 13. The summed E-state index contributed by atoms with van der Waals surface area (Å²) in [6, 6.07) is 17.2. The van der Waals surface area contributed by atoms with Gasteiger partial charge in [0.1, 0.15) is 25.3 Å². The first-order valence-corrected chi connectivity index (χ1v) is 19.9. The summed E-state index contributed by atoms with van der Waals surface area (Å²) in [6.07, 6.45) is 12.5. The van der Waals surface area contributed by atoms with Gasteiger partial charge in [-0.2, -0.15) is 0 Å². The summed E-state index contributed by atoms with van der Waals surface area (Å²) in [5.74, 6) is 1.68. The second-order valence-corrected chi connectivity index (χ2v) is 14.9. The molecule has 13 nitrogen and oxygen atoms in total. The number of aromatic nitrogens is 6. The van der Waals surface area contributed by atoms with Crippen LogP contribution in [0.1, 0.15) is 43.6 Å². The summed E-state index contributed by atoms with van der Waals surface area (Å²) in [7, 11) is -0.250. The van der Waals surface area contributed by atoms with Gasteiger partial charge < -0.3 is 9.31 Å². The van der Waals surface area contributed by atoms with Gasteiger partial charge in [0.25, 0.3) is 0 Å². The van der Waals surface area contributed by atoms with Crippen LogP contribution in [0.25, 0.3) is 38.8 Å². The fraction of sp³-hybridized carbons (Fsp3) is 0.171. The van der Waals surface area contributed by atoms with Crippen LogP contribution < -0.4 is 0 Å². The molecule has 51 heavy (non-hydrogen) atoms. The summed E-state index contributed by atoms with van der Waals surface area (Å²) in [5.41, 5.74) is 3.99. The number of nitrogens with zero attached hydrogens (tertiary/aromatic N) is 6. The van der Waals surface area contributed by atoms with Gasteiger partial charge in [-0.3, -0.25) is 4.79 Å². The summed E-state index contributed by atoms with van der Waals surface area (Å²) >= 11 is -2.68. The van der Waals surface area contributed by atoms with Crippen LogP contribution in [0.15, 0.2) is 116 Å². The molecule has 0 N–H and O–H groups in total. The van der Waals surface area contributed by atoms with Crippen molar-refractivity contribution in [3.8, 4) is 0 Å². The molecule has 7 rings (SSSR count). The molecule has 0 atom stereocenters. The van der Waals surface area contributed by atoms with Gasteiger partial charge in [-0.15, -0.1) is 6.58 Å². The normalized spacial score (nSPS) is 13.9. The molecule has 0 spiro atoms. The van der Waals surface area contributed by atoms with Crippen molar-refractivity contribution in [3.63, 3.8) is 0 Å². The van der Waals surface area contributed by atoms with Crippen molar-refractivity contribution in [2.75, 3.05) is 0 Å². The van der Waals surface area contributed by atoms with Gasteiger partial charge in [0.2, 0.25) is 0 Å². The fourth-order valence-corrected chi connectivity index (χ4v) is 4.46. The standard InChI is InChI=1S/C10H8N2.C9H6N2O.C8H15BO2.C8H5BrN2.4O.Os/c1-2-8-3-4-9-6-11-7-12-10(9)5-8;12-5-7-1-2-8-4-10-6-11-9(8)3-7;1-6-9-10-7(2,3)8(4,5)11-9;9-7-2-1-6-4-10-5-11-8(6)3-7;;;;;/h2-7H,1H2;1-6H;6H,1H2,2-5H3;1-5H;;;;;. The number of rotatable bonds is 3. The summed E-state index contributed by atoms with van der Waals surface area (Å²) in [5, 5.41) is 3.07. The van der Waals surface area contributed by atoms with Gasteiger partial charge in [-0.25, -0.2) is 29.9 Å². The van der Waals surface area contributed by atoms with E-state index in [1.807, 2.05) is 76.2 Å². The van der Waals surface area contributed by atoms with Gasteiger partial charge in [0.15, 0.2) is 0 Å². The minimum atomic E-state index is -6.06. The molecule has 4 heterocycles. The van der Waals surface area contributed by atoms with Crippen molar-refractivity contribution < 1.29 is 43.1 Å². The zero-order chi connectivity index (χ0) is 37.7. The molecule has 1 aliphatic heterocycles. The summed E-state index contributed by atoms with van der Waals surface area (Å²) in [6.45, 7) is 15.4. The molecular formula is C35H34BBrN6O7Os. The molecule has 6 aromatic rings. The first kappa shape index (κ1) is 40.6. The molecule has 0 unspecified atom stereocenters. The predicted molar refractivity (Wildman–Crippen MR) is 191 cm³/mol. The van der Waals surface area contributed by atoms with Crippen molar-refractivity contribution >= 4 is 68.1 Å². The van der Waals surface area contributed by atoms with Crippen molar-refractivity contribution in [2.24, 2.45) is 0 Å². The van der Waals surface area contributed by atoms with E-state index in [2.05, 4.69) is 59.0 Å². The van der Waals surface area contributed by atoms with Gasteiger partial charge >= 0.3 is 36.1 Å². The van der Waals surface area contributed by atoms with Crippen molar-refractivity contribution in [2.45, 2.75) is 38.9 Å². The number of fused-ring (bicyclic) bond motifs is 3. The first-order valence-electron chi connectivity index (χ1n) is 14.9. The third-order valence-electron chi connectivity index (χ3n) is 7.37. The third-order valence-corrected chi connectivity index (χ3v) is 7.86. The van der Waals surface area contributed by atoms with E-state index in [0.29, 0.717) is 5.56 Å². The number of benzene rings is 3. The number of halogens is 1. The number of carbonyl (C=O) groups excluding carboxylic acids is 1. The second kappa shape index (κ2) is 18.4. The molecule has 0 bridgehead atoms. The Labute approximate surface area is 305 Å². The Morgan fingerprint density at radius 2 is 1.06 bits per heavy atom. The Morgan fingerprint density at radius 1 is 0.667 bits per heavy atom. The van der Waals surface area contributed by atoms with Gasteiger partial charge in [-0.05, 0) is 57.5 Å². The summed E-state index contributed by atoms with van der Waals surface area (Å²) < 4.78 is 46.7. The average molecular weight is 932 g/mol. The summed E-state index contributed by atoms with van der Waals surface area (Å²) in [4.78, 5) is 34.4. The number of aldehydes is 1. The van der Waals surface area contributed by atoms with Crippen LogP contribution in [0.5, 0.6) is 0 Å². The molecule has 1 aliphatic rings. The van der Waals surface area contributed by atoms with Crippen molar-refractivity contribution in [3.05, 3.63) is 127 Å². The Morgan fingerprint density at radius 3 is 1.45 bits per heavy atom. The molecule has 0 saturated carbocycles. The van der Waals surface area contributed by atoms with Crippen LogP contribution in [0.2, 0.25) is 0 Å². The molecule has 0 amide bonds. The van der Waals surface area contributed by atoms with Gasteiger partial charge in [0, 0.05) is 44.8 Å². The topological polar surface area (TPSA) is 181 Å². The number of carbonyl (C=O) groups is 1. The van der Waals surface area contributed by atoms with Crippen molar-refractivity contribution in [1.82, 2.24) is 29.9 Å². The average Bonchev–Trinajstić information content (AvgIpc) is 3.33. The Hall–Kier alpha value is -4.87. The van der Waals surface area contributed by atoms with Crippen molar-refractivity contribution in [1.29, 1.82) is 0 Å². The second-order valence-electron chi connectivity index (χ2n) is 11.4. The van der Waals surface area contributed by atoms with Crippen LogP contribution in [-0.2, 0) is 38.3 Å². The molecule has 0 aliphatic carbocycles. The molecule has 0 radical (unpaired) electrons. The maximum absolute atomic E-state index is 10.4. The minimum absolute atomic E-state index is 0.230. The van der Waals surface area contributed by atoms with Crippen LogP contribution in [0.4, 0.5) is 0 Å². The maximum atomic E-state index is 10.4. The zero-order valence-corrected chi connectivity index (χ0v) is 32.3. The van der Waals surface area contributed by atoms with E-state index in [0.717, 1.165) is 49.0 Å². The molecule has 1 fully saturated rings. The zero-order valence-electron chi connectivity index (χ0n) is 28.2. The van der Waals surface area contributed by atoms with E-state index >= 15 is 0 Å². The third kappa shape index (κ3) is 13.1. The fourth-order valence-electron chi connectivity index (χ4n) is 4.11. The molecule has 3 aromatic carbocycles. The van der Waals surface area contributed by atoms with Crippen LogP contribution in [-0.4, -0.2) is 54.5 Å². The van der Waals surface area contributed by atoms with E-state index < -0.39 is 14.8 Å². The predicted octanol–water partition coefficient (Wildman–Crippen LogP) is 7.43. The van der Waals surface area contributed by atoms with Crippen LogP contribution in [0, 0.1) is 0 Å².